The molecule has 0 radical (unpaired) electrons. The van der Waals surface area contributed by atoms with E-state index in [1.807, 2.05) is 18.2 Å². The molecule has 0 bridgehead atoms. The number of benzene rings is 2. The molecule has 20 heavy (non-hydrogen) atoms. The van der Waals surface area contributed by atoms with Crippen LogP contribution in [0.3, 0.4) is 0 Å². The topological polar surface area (TPSA) is 63.2 Å². The molecule has 2 rings (SSSR count). The smallest absolute Gasteiger partial charge is 0.228 e. The second-order valence-electron chi connectivity index (χ2n) is 4.47. The van der Waals surface area contributed by atoms with E-state index in [0.29, 0.717) is 11.3 Å². The van der Waals surface area contributed by atoms with E-state index in [9.17, 15) is 13.2 Å². The molecule has 0 fully saturated rings. The Hall–Kier alpha value is -2.14. The monoisotopic (exact) mass is 289 g/mol. The number of sulfone groups is 1. The standard InChI is InChI=1S/C15H15NO3S/c1-20(18,19)14-10-6-5-7-12(14)11-15(17)16-13-8-3-2-4-9-13/h2-10H,11H2,1H3,(H,16,17). The molecular formula is C15H15NO3S. The summed E-state index contributed by atoms with van der Waals surface area (Å²) in [5, 5.41) is 2.74. The Morgan fingerprint density at radius 1 is 1.00 bits per heavy atom. The van der Waals surface area contributed by atoms with Crippen molar-refractivity contribution in [1.82, 2.24) is 0 Å². The summed E-state index contributed by atoms with van der Waals surface area (Å²) in [6.45, 7) is 0. The molecule has 0 aliphatic heterocycles. The summed E-state index contributed by atoms with van der Waals surface area (Å²) in [6.07, 6.45) is 1.17. The van der Waals surface area contributed by atoms with Gasteiger partial charge in [-0.25, -0.2) is 8.42 Å². The van der Waals surface area contributed by atoms with Crippen LogP contribution in [0.5, 0.6) is 0 Å². The summed E-state index contributed by atoms with van der Waals surface area (Å²) in [7, 11) is -3.33. The van der Waals surface area contributed by atoms with E-state index >= 15 is 0 Å². The lowest BCUT2D eigenvalue weighted by Gasteiger charge is -2.08. The van der Waals surface area contributed by atoms with Crippen LogP contribution in [0.1, 0.15) is 5.56 Å². The molecule has 0 atom stereocenters. The largest absolute Gasteiger partial charge is 0.326 e. The van der Waals surface area contributed by atoms with Crippen molar-refractivity contribution in [2.75, 3.05) is 11.6 Å². The van der Waals surface area contributed by atoms with Crippen molar-refractivity contribution < 1.29 is 13.2 Å². The van der Waals surface area contributed by atoms with Crippen LogP contribution >= 0.6 is 0 Å². The van der Waals surface area contributed by atoms with Crippen molar-refractivity contribution in [2.45, 2.75) is 11.3 Å². The van der Waals surface area contributed by atoms with Crippen molar-refractivity contribution in [3.8, 4) is 0 Å². The third kappa shape index (κ3) is 3.68. The van der Waals surface area contributed by atoms with Gasteiger partial charge in [-0.05, 0) is 23.8 Å². The zero-order valence-electron chi connectivity index (χ0n) is 11.0. The number of amides is 1. The van der Waals surface area contributed by atoms with Crippen LogP contribution in [0.15, 0.2) is 59.5 Å². The van der Waals surface area contributed by atoms with Gasteiger partial charge in [0.1, 0.15) is 0 Å². The highest BCUT2D eigenvalue weighted by Gasteiger charge is 2.14. The molecule has 2 aromatic carbocycles. The SMILES string of the molecule is CS(=O)(=O)c1ccccc1CC(=O)Nc1ccccc1. The van der Waals surface area contributed by atoms with Gasteiger partial charge in [0.15, 0.2) is 9.84 Å². The first-order valence-corrected chi connectivity index (χ1v) is 7.99. The maximum atomic E-state index is 12.0. The molecule has 0 aromatic heterocycles. The fourth-order valence-electron chi connectivity index (χ4n) is 1.91. The van der Waals surface area contributed by atoms with E-state index in [4.69, 9.17) is 0 Å². The molecule has 0 saturated heterocycles. The number of carbonyl (C=O) groups is 1. The number of hydrogen-bond acceptors (Lipinski definition) is 3. The van der Waals surface area contributed by atoms with E-state index in [2.05, 4.69) is 5.32 Å². The molecule has 4 nitrogen and oxygen atoms in total. The van der Waals surface area contributed by atoms with Crippen molar-refractivity contribution in [3.63, 3.8) is 0 Å². The Labute approximate surface area is 118 Å². The van der Waals surface area contributed by atoms with Gasteiger partial charge in [-0.2, -0.15) is 0 Å². The summed E-state index contributed by atoms with van der Waals surface area (Å²) in [4.78, 5) is 12.2. The first kappa shape index (κ1) is 14.3. The summed E-state index contributed by atoms with van der Waals surface area (Å²) < 4.78 is 23.3. The van der Waals surface area contributed by atoms with Crippen LogP contribution in [-0.4, -0.2) is 20.6 Å². The normalized spacial score (nSPS) is 11.1. The fraction of sp³-hybridized carbons (Fsp3) is 0.133. The average molecular weight is 289 g/mol. The number of para-hydroxylation sites is 1. The van der Waals surface area contributed by atoms with Crippen molar-refractivity contribution in [3.05, 3.63) is 60.2 Å². The Kier molecular flexibility index (Phi) is 4.20. The van der Waals surface area contributed by atoms with Gasteiger partial charge >= 0.3 is 0 Å². The fourth-order valence-corrected chi connectivity index (χ4v) is 2.85. The van der Waals surface area contributed by atoms with E-state index in [0.717, 1.165) is 6.26 Å². The minimum atomic E-state index is -3.33. The van der Waals surface area contributed by atoms with Gasteiger partial charge in [-0.3, -0.25) is 4.79 Å². The quantitative estimate of drug-likeness (QED) is 0.939. The zero-order valence-corrected chi connectivity index (χ0v) is 11.9. The number of hydrogen-bond donors (Lipinski definition) is 1. The predicted molar refractivity (Wildman–Crippen MR) is 78.3 cm³/mol. The van der Waals surface area contributed by atoms with Gasteiger partial charge in [-0.1, -0.05) is 36.4 Å². The number of anilines is 1. The van der Waals surface area contributed by atoms with Crippen LogP contribution in [-0.2, 0) is 21.1 Å². The maximum Gasteiger partial charge on any atom is 0.228 e. The molecule has 0 spiro atoms. The van der Waals surface area contributed by atoms with E-state index in [1.165, 1.54) is 6.07 Å². The lowest BCUT2D eigenvalue weighted by Crippen LogP contribution is -2.16. The molecule has 5 heteroatoms. The molecule has 2 aromatic rings. The minimum absolute atomic E-state index is 0.0259. The third-order valence-electron chi connectivity index (χ3n) is 2.78. The van der Waals surface area contributed by atoms with E-state index in [-0.39, 0.29) is 17.2 Å². The first-order valence-electron chi connectivity index (χ1n) is 6.09. The average Bonchev–Trinajstić information content (AvgIpc) is 2.39. The third-order valence-corrected chi connectivity index (χ3v) is 3.98. The van der Waals surface area contributed by atoms with Gasteiger partial charge in [0.2, 0.25) is 5.91 Å². The maximum absolute atomic E-state index is 12.0. The van der Waals surface area contributed by atoms with Gasteiger partial charge in [0.25, 0.3) is 0 Å². The van der Waals surface area contributed by atoms with Crippen molar-refractivity contribution in [1.29, 1.82) is 0 Å². The second-order valence-corrected chi connectivity index (χ2v) is 6.46. The van der Waals surface area contributed by atoms with Gasteiger partial charge in [0, 0.05) is 11.9 Å². The van der Waals surface area contributed by atoms with Gasteiger partial charge in [-0.15, -0.1) is 0 Å². The molecule has 1 amide bonds. The highest BCUT2D eigenvalue weighted by molar-refractivity contribution is 7.90. The van der Waals surface area contributed by atoms with Gasteiger partial charge < -0.3 is 5.32 Å². The van der Waals surface area contributed by atoms with Crippen LogP contribution < -0.4 is 5.32 Å². The molecule has 1 N–H and O–H groups in total. The Morgan fingerprint density at radius 2 is 1.60 bits per heavy atom. The summed E-state index contributed by atoms with van der Waals surface area (Å²) >= 11 is 0. The number of nitrogens with one attached hydrogen (secondary N) is 1. The minimum Gasteiger partial charge on any atom is -0.326 e. The second kappa shape index (κ2) is 5.88. The Balaban J connectivity index is 2.17. The van der Waals surface area contributed by atoms with E-state index < -0.39 is 9.84 Å². The van der Waals surface area contributed by atoms with Crippen LogP contribution in [0.25, 0.3) is 0 Å². The predicted octanol–water partition coefficient (Wildman–Crippen LogP) is 2.27. The molecule has 0 aliphatic rings. The van der Waals surface area contributed by atoms with Crippen molar-refractivity contribution >= 4 is 21.4 Å². The van der Waals surface area contributed by atoms with Crippen LogP contribution in [0, 0.1) is 0 Å². The molecule has 104 valence electrons. The van der Waals surface area contributed by atoms with E-state index in [1.54, 1.807) is 30.3 Å². The van der Waals surface area contributed by atoms with Gasteiger partial charge in [0.05, 0.1) is 11.3 Å². The summed E-state index contributed by atoms with van der Waals surface area (Å²) in [5.41, 5.74) is 1.19. The Morgan fingerprint density at radius 3 is 2.25 bits per heavy atom. The number of carbonyl (C=O) groups excluding carboxylic acids is 1. The summed E-state index contributed by atoms with van der Waals surface area (Å²) in [5.74, 6) is -0.243. The lowest BCUT2D eigenvalue weighted by molar-refractivity contribution is -0.115. The zero-order chi connectivity index (χ0) is 14.6. The molecule has 0 unspecified atom stereocenters. The highest BCUT2D eigenvalue weighted by atomic mass is 32.2. The number of rotatable bonds is 4. The molecular weight excluding hydrogens is 274 g/mol. The van der Waals surface area contributed by atoms with Crippen LogP contribution in [0.2, 0.25) is 0 Å². The highest BCUT2D eigenvalue weighted by Crippen LogP contribution is 2.16. The lowest BCUT2D eigenvalue weighted by atomic mass is 10.1. The van der Waals surface area contributed by atoms with Crippen molar-refractivity contribution in [2.24, 2.45) is 0 Å². The van der Waals surface area contributed by atoms with Crippen LogP contribution in [0.4, 0.5) is 5.69 Å². The first-order chi connectivity index (χ1) is 9.47. The summed E-state index contributed by atoms with van der Waals surface area (Å²) in [6, 6.07) is 15.6. The molecule has 0 aliphatic carbocycles. The molecule has 0 saturated carbocycles. The molecule has 0 heterocycles. The Bertz CT molecular complexity index is 709.